The molecule has 0 aliphatic rings. The number of ether oxygens (including phenoxy) is 1. The van der Waals surface area contributed by atoms with Gasteiger partial charge in [-0.25, -0.2) is 9.50 Å². The molecule has 0 spiro atoms. The Morgan fingerprint density at radius 1 is 1.17 bits per heavy atom. The Morgan fingerprint density at radius 2 is 1.94 bits per heavy atom. The number of methoxy groups -OCH3 is 1. The first-order valence-corrected chi connectivity index (χ1v) is 5.81. The molecule has 3 aromatic rings. The minimum Gasteiger partial charge on any atom is -0.497 e. The summed E-state index contributed by atoms with van der Waals surface area (Å²) < 4.78 is 6.78. The van der Waals surface area contributed by atoms with Gasteiger partial charge in [-0.2, -0.15) is 0 Å². The van der Waals surface area contributed by atoms with Gasteiger partial charge in [0, 0.05) is 11.8 Å². The van der Waals surface area contributed by atoms with Crippen molar-refractivity contribution >= 4 is 17.2 Å². The highest BCUT2D eigenvalue weighted by Gasteiger charge is 2.08. The van der Waals surface area contributed by atoms with Crippen LogP contribution in [0.25, 0.3) is 17.0 Å². The lowest BCUT2D eigenvalue weighted by molar-refractivity contribution is 0.415. The summed E-state index contributed by atoms with van der Waals surface area (Å²) in [6.07, 6.45) is 1.82. The summed E-state index contributed by atoms with van der Waals surface area (Å²) in [6, 6.07) is 11.2. The molecule has 18 heavy (non-hydrogen) atoms. The van der Waals surface area contributed by atoms with E-state index in [4.69, 9.17) is 16.3 Å². The van der Waals surface area contributed by atoms with Crippen LogP contribution in [0.15, 0.2) is 42.6 Å². The molecule has 0 aliphatic carbocycles. The fourth-order valence-corrected chi connectivity index (χ4v) is 1.94. The Morgan fingerprint density at radius 3 is 2.61 bits per heavy atom. The van der Waals surface area contributed by atoms with Gasteiger partial charge < -0.3 is 4.74 Å². The first-order chi connectivity index (χ1) is 8.78. The SMILES string of the molecule is COc1ccc(-c2nc3c(Cl)cccn3n2)cc1. The molecule has 0 N–H and O–H groups in total. The van der Waals surface area contributed by atoms with Crippen LogP contribution in [-0.4, -0.2) is 21.7 Å². The second kappa shape index (κ2) is 4.31. The third-order valence-corrected chi connectivity index (χ3v) is 2.96. The van der Waals surface area contributed by atoms with Gasteiger partial charge in [0.2, 0.25) is 0 Å². The van der Waals surface area contributed by atoms with Crippen LogP contribution >= 0.6 is 11.6 Å². The van der Waals surface area contributed by atoms with Gasteiger partial charge in [0.15, 0.2) is 11.5 Å². The smallest absolute Gasteiger partial charge is 0.182 e. The summed E-state index contributed by atoms with van der Waals surface area (Å²) in [5.41, 5.74) is 1.58. The maximum absolute atomic E-state index is 6.06. The molecule has 0 amide bonds. The van der Waals surface area contributed by atoms with Gasteiger partial charge in [-0.1, -0.05) is 11.6 Å². The fourth-order valence-electron chi connectivity index (χ4n) is 1.74. The number of nitrogens with zero attached hydrogens (tertiary/aromatic N) is 3. The van der Waals surface area contributed by atoms with Crippen molar-refractivity contribution in [3.63, 3.8) is 0 Å². The molecule has 5 heteroatoms. The second-order valence-electron chi connectivity index (χ2n) is 3.79. The molecular formula is C13H10ClN3O. The van der Waals surface area contributed by atoms with Gasteiger partial charge in [0.05, 0.1) is 12.1 Å². The number of fused-ring (bicyclic) bond motifs is 1. The first-order valence-electron chi connectivity index (χ1n) is 5.43. The fraction of sp³-hybridized carbons (Fsp3) is 0.0769. The van der Waals surface area contributed by atoms with Gasteiger partial charge in [-0.15, -0.1) is 5.10 Å². The summed E-state index contributed by atoms with van der Waals surface area (Å²) in [5, 5.41) is 4.97. The van der Waals surface area contributed by atoms with Crippen LogP contribution in [0, 0.1) is 0 Å². The average Bonchev–Trinajstić information content (AvgIpc) is 2.84. The van der Waals surface area contributed by atoms with E-state index < -0.39 is 0 Å². The Labute approximate surface area is 109 Å². The van der Waals surface area contributed by atoms with Crippen LogP contribution in [0.5, 0.6) is 5.75 Å². The standard InChI is InChI=1S/C13H10ClN3O/c1-18-10-6-4-9(5-7-10)12-15-13-11(14)3-2-8-17(13)16-12/h2-8H,1H3. The Kier molecular flexibility index (Phi) is 2.64. The van der Waals surface area contributed by atoms with Crippen molar-refractivity contribution in [3.05, 3.63) is 47.6 Å². The highest BCUT2D eigenvalue weighted by atomic mass is 35.5. The zero-order valence-corrected chi connectivity index (χ0v) is 10.4. The maximum Gasteiger partial charge on any atom is 0.182 e. The van der Waals surface area contributed by atoms with E-state index in [0.29, 0.717) is 16.5 Å². The van der Waals surface area contributed by atoms with E-state index in [1.807, 2.05) is 36.5 Å². The van der Waals surface area contributed by atoms with Crippen molar-refractivity contribution in [1.29, 1.82) is 0 Å². The van der Waals surface area contributed by atoms with Crippen LogP contribution in [0.1, 0.15) is 0 Å². The summed E-state index contributed by atoms with van der Waals surface area (Å²) in [4.78, 5) is 4.42. The molecule has 0 unspecified atom stereocenters. The van der Waals surface area contributed by atoms with Gasteiger partial charge in [0.25, 0.3) is 0 Å². The predicted molar refractivity (Wildman–Crippen MR) is 70.0 cm³/mol. The van der Waals surface area contributed by atoms with Gasteiger partial charge in [-0.05, 0) is 36.4 Å². The normalized spacial score (nSPS) is 10.8. The molecule has 0 radical (unpaired) electrons. The molecule has 0 atom stereocenters. The molecular weight excluding hydrogens is 250 g/mol. The van der Waals surface area contributed by atoms with Gasteiger partial charge >= 0.3 is 0 Å². The molecule has 0 aliphatic heterocycles. The summed E-state index contributed by atoms with van der Waals surface area (Å²) in [5.74, 6) is 1.45. The zero-order chi connectivity index (χ0) is 12.5. The number of benzene rings is 1. The number of aromatic nitrogens is 3. The molecule has 4 nitrogen and oxygen atoms in total. The molecule has 0 fully saturated rings. The van der Waals surface area contributed by atoms with Gasteiger partial charge in [0.1, 0.15) is 5.75 Å². The predicted octanol–water partition coefficient (Wildman–Crippen LogP) is 3.06. The topological polar surface area (TPSA) is 39.4 Å². The molecule has 0 bridgehead atoms. The largest absolute Gasteiger partial charge is 0.497 e. The number of hydrogen-bond donors (Lipinski definition) is 0. The van der Waals surface area contributed by atoms with Crippen LogP contribution in [0.3, 0.4) is 0 Å². The maximum atomic E-state index is 6.06. The van der Waals surface area contributed by atoms with Crippen LogP contribution < -0.4 is 4.74 Å². The van der Waals surface area contributed by atoms with E-state index in [1.54, 1.807) is 17.7 Å². The molecule has 2 aromatic heterocycles. The van der Waals surface area contributed by atoms with E-state index >= 15 is 0 Å². The Balaban J connectivity index is 2.10. The minimum absolute atomic E-state index is 0.588. The second-order valence-corrected chi connectivity index (χ2v) is 4.20. The van der Waals surface area contributed by atoms with Crippen molar-refractivity contribution < 1.29 is 4.74 Å². The summed E-state index contributed by atoms with van der Waals surface area (Å²) >= 11 is 6.06. The molecule has 0 saturated carbocycles. The third-order valence-electron chi connectivity index (χ3n) is 2.66. The molecule has 2 heterocycles. The van der Waals surface area contributed by atoms with Gasteiger partial charge in [-0.3, -0.25) is 0 Å². The van der Waals surface area contributed by atoms with Crippen molar-refractivity contribution in [2.45, 2.75) is 0 Å². The zero-order valence-electron chi connectivity index (χ0n) is 9.67. The van der Waals surface area contributed by atoms with Crippen molar-refractivity contribution in [1.82, 2.24) is 14.6 Å². The van der Waals surface area contributed by atoms with E-state index in [1.165, 1.54) is 0 Å². The summed E-state index contributed by atoms with van der Waals surface area (Å²) in [6.45, 7) is 0. The quantitative estimate of drug-likeness (QED) is 0.710. The van der Waals surface area contributed by atoms with Crippen LogP contribution in [-0.2, 0) is 0 Å². The van der Waals surface area contributed by atoms with Crippen molar-refractivity contribution in [2.24, 2.45) is 0 Å². The number of pyridine rings is 1. The van der Waals surface area contributed by atoms with Crippen molar-refractivity contribution in [3.8, 4) is 17.1 Å². The third kappa shape index (κ3) is 1.80. The number of rotatable bonds is 2. The lowest BCUT2D eigenvalue weighted by atomic mass is 10.2. The first kappa shape index (κ1) is 11.0. The van der Waals surface area contributed by atoms with E-state index in [9.17, 15) is 0 Å². The lowest BCUT2D eigenvalue weighted by Gasteiger charge is -1.99. The van der Waals surface area contributed by atoms with Crippen LogP contribution in [0.2, 0.25) is 5.02 Å². The van der Waals surface area contributed by atoms with Crippen LogP contribution in [0.4, 0.5) is 0 Å². The number of hydrogen-bond acceptors (Lipinski definition) is 3. The molecule has 90 valence electrons. The lowest BCUT2D eigenvalue weighted by Crippen LogP contribution is -1.86. The Hall–Kier alpha value is -2.07. The Bertz CT molecular complexity index is 691. The van der Waals surface area contributed by atoms with E-state index in [2.05, 4.69) is 10.1 Å². The highest BCUT2D eigenvalue weighted by molar-refractivity contribution is 6.33. The minimum atomic E-state index is 0.588. The summed E-state index contributed by atoms with van der Waals surface area (Å²) in [7, 11) is 1.64. The number of halogens is 1. The van der Waals surface area contributed by atoms with E-state index in [-0.39, 0.29) is 0 Å². The molecule has 3 rings (SSSR count). The monoisotopic (exact) mass is 259 g/mol. The molecule has 0 saturated heterocycles. The van der Waals surface area contributed by atoms with Crippen molar-refractivity contribution in [2.75, 3.05) is 7.11 Å². The highest BCUT2D eigenvalue weighted by Crippen LogP contribution is 2.22. The average molecular weight is 260 g/mol. The molecule has 1 aromatic carbocycles. The van der Waals surface area contributed by atoms with E-state index in [0.717, 1.165) is 11.3 Å².